The number of amides is 1. The molecule has 0 radical (unpaired) electrons. The number of sulfonamides is 1. The van der Waals surface area contributed by atoms with Gasteiger partial charge in [-0.3, -0.25) is 4.79 Å². The second kappa shape index (κ2) is 10.8. The summed E-state index contributed by atoms with van der Waals surface area (Å²) in [5.74, 6) is -0.0360. The van der Waals surface area contributed by atoms with E-state index in [1.165, 1.54) is 30.0 Å². The van der Waals surface area contributed by atoms with E-state index in [-0.39, 0.29) is 19.0 Å². The minimum absolute atomic E-state index is 0.127. The van der Waals surface area contributed by atoms with Crippen molar-refractivity contribution in [3.63, 3.8) is 0 Å². The zero-order chi connectivity index (χ0) is 21.4. The van der Waals surface area contributed by atoms with E-state index in [0.717, 1.165) is 16.7 Å². The summed E-state index contributed by atoms with van der Waals surface area (Å²) in [5, 5.41) is 2.80. The summed E-state index contributed by atoms with van der Waals surface area (Å²) in [6.45, 7) is 0.270. The molecule has 0 bridgehead atoms. The summed E-state index contributed by atoms with van der Waals surface area (Å²) in [7, 11) is -0.311. The second-order valence-electron chi connectivity index (χ2n) is 6.78. The molecule has 7 nitrogen and oxygen atoms in total. The maximum Gasteiger partial charge on any atom is 0.244 e. The molecule has 2 aromatic rings. The first-order chi connectivity index (χ1) is 13.8. The van der Waals surface area contributed by atoms with E-state index in [1.807, 2.05) is 26.4 Å². The maximum atomic E-state index is 14.0. The van der Waals surface area contributed by atoms with Crippen molar-refractivity contribution in [2.45, 2.75) is 23.4 Å². The lowest BCUT2D eigenvalue weighted by molar-refractivity contribution is -0.891. The summed E-state index contributed by atoms with van der Waals surface area (Å²) in [6.07, 6.45) is 3.71. The van der Waals surface area contributed by atoms with Crippen LogP contribution in [0.25, 0.3) is 0 Å². The van der Waals surface area contributed by atoms with Gasteiger partial charge in [0.15, 0.2) is 11.8 Å². The molecule has 2 atom stereocenters. The molecule has 0 aliphatic carbocycles. The van der Waals surface area contributed by atoms with Crippen molar-refractivity contribution in [3.8, 4) is 0 Å². The van der Waals surface area contributed by atoms with Gasteiger partial charge in [0, 0.05) is 0 Å². The number of thioether (sulfide) groups is 1. The number of likely N-dealkylation sites (N-methyl/N-ethyl adjacent to an activating group) is 1. The van der Waals surface area contributed by atoms with Gasteiger partial charge < -0.3 is 14.6 Å². The summed E-state index contributed by atoms with van der Waals surface area (Å²) < 4.78 is 47.0. The number of hydrogen-bond donors (Lipinski definition) is 3. The van der Waals surface area contributed by atoms with Crippen LogP contribution in [-0.2, 0) is 14.8 Å². The van der Waals surface area contributed by atoms with Gasteiger partial charge in [0.05, 0.1) is 26.9 Å². The van der Waals surface area contributed by atoms with Gasteiger partial charge in [0.25, 0.3) is 0 Å². The number of carbonyl (C=O) groups excluding carboxylic acids is 1. The second-order valence-corrected chi connectivity index (χ2v) is 9.44. The Morgan fingerprint density at radius 3 is 2.55 bits per heavy atom. The minimum Gasteiger partial charge on any atom is -0.463 e. The van der Waals surface area contributed by atoms with Gasteiger partial charge in [-0.25, -0.2) is 12.8 Å². The van der Waals surface area contributed by atoms with Crippen molar-refractivity contribution in [3.05, 3.63) is 54.2 Å². The lowest BCUT2D eigenvalue weighted by Gasteiger charge is -2.22. The predicted octanol–water partition coefficient (Wildman–Crippen LogP) is 0.821. The molecular weight excluding hydrogens is 417 g/mol. The van der Waals surface area contributed by atoms with Gasteiger partial charge in [0.2, 0.25) is 15.9 Å². The summed E-state index contributed by atoms with van der Waals surface area (Å²) >= 11 is 1.49. The standard InChI is InChI=1S/C19H26FN3O4S2/c1-23(2)16(17-8-6-11-27-17)13-21-19(24)15(10-12-28-3)22-29(25,26)18-9-5-4-7-14(18)20/h4-9,11,15-16,22H,10,12-13H2,1-3H3,(H,21,24)/p+1/t15-,16-/m0/s1. The van der Waals surface area contributed by atoms with Crippen molar-refractivity contribution >= 4 is 27.7 Å². The zero-order valence-corrected chi connectivity index (χ0v) is 18.3. The lowest BCUT2D eigenvalue weighted by Crippen LogP contribution is -3.07. The van der Waals surface area contributed by atoms with E-state index in [4.69, 9.17) is 4.42 Å². The van der Waals surface area contributed by atoms with Crippen LogP contribution in [0, 0.1) is 5.82 Å². The Kier molecular flexibility index (Phi) is 8.69. The van der Waals surface area contributed by atoms with E-state index < -0.39 is 32.7 Å². The number of halogens is 1. The molecule has 1 aromatic heterocycles. The number of furan rings is 1. The van der Waals surface area contributed by atoms with Crippen molar-refractivity contribution in [2.24, 2.45) is 0 Å². The first-order valence-corrected chi connectivity index (χ1v) is 12.0. The van der Waals surface area contributed by atoms with Gasteiger partial charge in [-0.15, -0.1) is 0 Å². The largest absolute Gasteiger partial charge is 0.463 e. The Morgan fingerprint density at radius 2 is 1.97 bits per heavy atom. The topological polar surface area (TPSA) is 92.8 Å². The van der Waals surface area contributed by atoms with Gasteiger partial charge in [-0.2, -0.15) is 16.5 Å². The van der Waals surface area contributed by atoms with Crippen LogP contribution >= 0.6 is 11.8 Å². The molecule has 10 heteroatoms. The Bertz CT molecular complexity index is 889. The van der Waals surface area contributed by atoms with Crippen LogP contribution in [-0.4, -0.2) is 53.0 Å². The number of benzene rings is 1. The third-order valence-electron chi connectivity index (χ3n) is 4.41. The first-order valence-electron chi connectivity index (χ1n) is 9.13. The monoisotopic (exact) mass is 444 g/mol. The van der Waals surface area contributed by atoms with Crippen LogP contribution < -0.4 is 14.9 Å². The number of quaternary nitrogens is 1. The predicted molar refractivity (Wildman–Crippen MR) is 111 cm³/mol. The van der Waals surface area contributed by atoms with E-state index in [9.17, 15) is 17.6 Å². The van der Waals surface area contributed by atoms with Gasteiger partial charge >= 0.3 is 0 Å². The minimum atomic E-state index is -4.18. The van der Waals surface area contributed by atoms with Crippen molar-refractivity contribution < 1.29 is 26.9 Å². The zero-order valence-electron chi connectivity index (χ0n) is 16.6. The Morgan fingerprint density at radius 1 is 1.24 bits per heavy atom. The molecule has 2 rings (SSSR count). The van der Waals surface area contributed by atoms with Gasteiger partial charge in [0.1, 0.15) is 16.8 Å². The van der Waals surface area contributed by atoms with Crippen LogP contribution in [0.1, 0.15) is 18.2 Å². The Balaban J connectivity index is 2.12. The highest BCUT2D eigenvalue weighted by molar-refractivity contribution is 7.98. The Labute approximate surface area is 175 Å². The third kappa shape index (κ3) is 6.56. The molecule has 0 spiro atoms. The highest BCUT2D eigenvalue weighted by atomic mass is 32.2. The number of carbonyl (C=O) groups is 1. The van der Waals surface area contributed by atoms with E-state index in [1.54, 1.807) is 12.3 Å². The summed E-state index contributed by atoms with van der Waals surface area (Å²) in [6, 6.07) is 7.54. The van der Waals surface area contributed by atoms with Gasteiger partial charge in [-0.05, 0) is 42.7 Å². The average Bonchev–Trinajstić information content (AvgIpc) is 3.19. The van der Waals surface area contributed by atoms with Crippen LogP contribution in [0.2, 0.25) is 0 Å². The fourth-order valence-corrected chi connectivity index (χ4v) is 4.58. The molecule has 0 fully saturated rings. The number of rotatable bonds is 11. The molecule has 0 saturated carbocycles. The highest BCUT2D eigenvalue weighted by Gasteiger charge is 2.29. The molecule has 0 aliphatic rings. The fourth-order valence-electron chi connectivity index (χ4n) is 2.80. The average molecular weight is 445 g/mol. The normalized spacial score (nSPS) is 14.0. The summed E-state index contributed by atoms with van der Waals surface area (Å²) in [4.78, 5) is 13.3. The first kappa shape index (κ1) is 23.4. The molecule has 1 heterocycles. The van der Waals surface area contributed by atoms with E-state index >= 15 is 0 Å². The van der Waals surface area contributed by atoms with Crippen LogP contribution in [0.5, 0.6) is 0 Å². The van der Waals surface area contributed by atoms with Crippen molar-refractivity contribution in [2.75, 3.05) is 32.6 Å². The molecule has 1 amide bonds. The quantitative estimate of drug-likeness (QED) is 0.477. The van der Waals surface area contributed by atoms with Crippen molar-refractivity contribution in [1.82, 2.24) is 10.0 Å². The molecule has 160 valence electrons. The Hall–Kier alpha value is -1.88. The number of nitrogens with one attached hydrogen (secondary N) is 3. The highest BCUT2D eigenvalue weighted by Crippen LogP contribution is 2.15. The lowest BCUT2D eigenvalue weighted by atomic mass is 10.2. The van der Waals surface area contributed by atoms with E-state index in [0.29, 0.717) is 5.75 Å². The van der Waals surface area contributed by atoms with Crippen LogP contribution in [0.15, 0.2) is 52.0 Å². The molecular formula is C19H27FN3O4S2+. The fraction of sp³-hybridized carbons (Fsp3) is 0.421. The number of hydrogen-bond acceptors (Lipinski definition) is 5. The smallest absolute Gasteiger partial charge is 0.244 e. The van der Waals surface area contributed by atoms with E-state index in [2.05, 4.69) is 10.0 Å². The molecule has 29 heavy (non-hydrogen) atoms. The van der Waals surface area contributed by atoms with Gasteiger partial charge in [-0.1, -0.05) is 12.1 Å². The van der Waals surface area contributed by atoms with Crippen molar-refractivity contribution in [1.29, 1.82) is 0 Å². The molecule has 0 aliphatic heterocycles. The summed E-state index contributed by atoms with van der Waals surface area (Å²) in [5.41, 5.74) is 0. The van der Waals surface area contributed by atoms with Crippen LogP contribution in [0.3, 0.4) is 0 Å². The SMILES string of the molecule is CSCC[C@H](NS(=O)(=O)c1ccccc1F)C(=O)NC[C@@H](c1ccco1)[NH+](C)C. The molecule has 0 saturated heterocycles. The maximum absolute atomic E-state index is 14.0. The molecule has 0 unspecified atom stereocenters. The van der Waals surface area contributed by atoms with Crippen LogP contribution in [0.4, 0.5) is 4.39 Å². The molecule has 3 N–H and O–H groups in total. The molecule has 1 aromatic carbocycles. The third-order valence-corrected chi connectivity index (χ3v) is 6.56.